The van der Waals surface area contributed by atoms with Crippen LogP contribution < -0.4 is 26.2 Å². The van der Waals surface area contributed by atoms with E-state index in [9.17, 15) is 32.4 Å². The Morgan fingerprint density at radius 1 is 0.873 bits per heavy atom. The van der Waals surface area contributed by atoms with Crippen molar-refractivity contribution in [3.8, 4) is 11.3 Å². The van der Waals surface area contributed by atoms with Crippen LogP contribution in [0.5, 0.6) is 0 Å². The van der Waals surface area contributed by atoms with Gasteiger partial charge in [0.25, 0.3) is 11.8 Å². The molecule has 3 aliphatic rings. The number of sulfone groups is 1. The molecule has 280 valence electrons. The maximum atomic E-state index is 13.4. The zero-order valence-electron chi connectivity index (χ0n) is 29.5. The molecule has 5 heterocycles. The van der Waals surface area contributed by atoms with Crippen molar-refractivity contribution in [1.82, 2.24) is 30.1 Å². The number of aromatic nitrogens is 3. The van der Waals surface area contributed by atoms with Gasteiger partial charge in [0.2, 0.25) is 23.7 Å². The van der Waals surface area contributed by atoms with Crippen LogP contribution >= 0.6 is 0 Å². The molecule has 0 spiro atoms. The number of fused-ring (bicyclic) bond motifs is 2. The highest BCUT2D eigenvalue weighted by atomic mass is 32.2. The third-order valence-electron chi connectivity index (χ3n) is 10.0. The van der Waals surface area contributed by atoms with Gasteiger partial charge in [0, 0.05) is 55.8 Å². The molecule has 3 aliphatic heterocycles. The number of piperazine rings is 1. The van der Waals surface area contributed by atoms with Gasteiger partial charge in [0.05, 0.1) is 39.9 Å². The number of benzene rings is 3. The summed E-state index contributed by atoms with van der Waals surface area (Å²) in [6.07, 6.45) is 1.55. The summed E-state index contributed by atoms with van der Waals surface area (Å²) < 4.78 is 25.5. The summed E-state index contributed by atoms with van der Waals surface area (Å²) >= 11 is 0. The highest BCUT2D eigenvalue weighted by Gasteiger charge is 2.36. The highest BCUT2D eigenvalue weighted by Crippen LogP contribution is 2.36. The largest absolute Gasteiger partial charge is 0.375 e. The molecule has 2 saturated heterocycles. The first kappa shape index (κ1) is 35.4. The Kier molecular flexibility index (Phi) is 9.00. The fourth-order valence-electron chi connectivity index (χ4n) is 7.17. The average molecular weight is 762 g/mol. The van der Waals surface area contributed by atoms with Crippen LogP contribution in [0.4, 0.5) is 23.0 Å². The molecule has 0 radical (unpaired) electrons. The monoisotopic (exact) mass is 761 g/mol. The van der Waals surface area contributed by atoms with Gasteiger partial charge in [-0.15, -0.1) is 5.10 Å². The molecule has 4 N–H and O–H groups in total. The number of piperidine rings is 1. The van der Waals surface area contributed by atoms with Gasteiger partial charge < -0.3 is 20.4 Å². The minimum absolute atomic E-state index is 0.0864. The van der Waals surface area contributed by atoms with E-state index in [1.54, 1.807) is 39.7 Å². The van der Waals surface area contributed by atoms with Gasteiger partial charge in [-0.05, 0) is 66.6 Å². The molecular formula is C38H35N9O7S. The van der Waals surface area contributed by atoms with Gasteiger partial charge >= 0.3 is 0 Å². The van der Waals surface area contributed by atoms with Crippen molar-refractivity contribution in [1.29, 1.82) is 0 Å². The molecule has 5 aromatic rings. The summed E-state index contributed by atoms with van der Waals surface area (Å²) in [6, 6.07) is 23.1. The normalized spacial score (nSPS) is 17.2. The Labute approximate surface area is 314 Å². The zero-order chi connectivity index (χ0) is 38.4. The van der Waals surface area contributed by atoms with Crippen molar-refractivity contribution in [2.75, 3.05) is 54.5 Å². The second-order valence-corrected chi connectivity index (χ2v) is 15.6. The van der Waals surface area contributed by atoms with Crippen LogP contribution in [-0.4, -0.2) is 96.4 Å². The standard InChI is InChI=1S/C38H35N9O7S/c1-55(53,54)25-11-5-22(6-12-25)29-3-2-4-30-41-38(44-47(29)30)40-23-7-9-24(10-8-23)45-17-19-46(20-18-45)32(49)21-39-34-26(27-15-16-31(48)42-35(27)50)13-14-28-33(34)37(52)43-36(28)51/h2-14,27,39H,15-21H2,1H3,(H,40,44)(H,42,48,50)(H,43,51,52). The third-order valence-corrected chi connectivity index (χ3v) is 11.2. The van der Waals surface area contributed by atoms with Crippen LogP contribution in [-0.2, 0) is 24.2 Å². The predicted molar refractivity (Wildman–Crippen MR) is 202 cm³/mol. The number of nitrogens with one attached hydrogen (secondary N) is 4. The van der Waals surface area contributed by atoms with Crippen molar-refractivity contribution in [3.05, 3.63) is 95.6 Å². The Balaban J connectivity index is 0.894. The Hall–Kier alpha value is -6.62. The molecule has 0 bridgehead atoms. The van der Waals surface area contributed by atoms with Crippen molar-refractivity contribution in [3.63, 3.8) is 0 Å². The van der Waals surface area contributed by atoms with Crippen LogP contribution in [0.3, 0.4) is 0 Å². The van der Waals surface area contributed by atoms with Crippen LogP contribution in [0, 0.1) is 0 Å². The first-order valence-electron chi connectivity index (χ1n) is 17.6. The molecule has 16 nitrogen and oxygen atoms in total. The summed E-state index contributed by atoms with van der Waals surface area (Å²) in [5.74, 6) is -2.56. The fourth-order valence-corrected chi connectivity index (χ4v) is 7.80. The van der Waals surface area contributed by atoms with Gasteiger partial charge in [-0.1, -0.05) is 24.3 Å². The van der Waals surface area contributed by atoms with Crippen molar-refractivity contribution in [2.45, 2.75) is 23.7 Å². The number of nitrogens with zero attached hydrogens (tertiary/aromatic N) is 5. The maximum absolute atomic E-state index is 13.4. The number of hydrogen-bond acceptors (Lipinski definition) is 12. The first-order chi connectivity index (χ1) is 26.4. The zero-order valence-corrected chi connectivity index (χ0v) is 30.4. The molecule has 5 amide bonds. The molecule has 0 aliphatic carbocycles. The lowest BCUT2D eigenvalue weighted by molar-refractivity contribution is -0.134. The molecule has 55 heavy (non-hydrogen) atoms. The maximum Gasteiger partial charge on any atom is 0.261 e. The number of imide groups is 2. The summed E-state index contributed by atoms with van der Waals surface area (Å²) in [6.45, 7) is 1.92. The Morgan fingerprint density at radius 2 is 1.62 bits per heavy atom. The minimum Gasteiger partial charge on any atom is -0.375 e. The number of rotatable bonds is 9. The summed E-state index contributed by atoms with van der Waals surface area (Å²) in [7, 11) is -3.31. The topological polar surface area (TPSA) is 204 Å². The highest BCUT2D eigenvalue weighted by molar-refractivity contribution is 7.90. The number of pyridine rings is 1. The van der Waals surface area contributed by atoms with E-state index >= 15 is 0 Å². The lowest BCUT2D eigenvalue weighted by Gasteiger charge is -2.36. The number of anilines is 4. The molecule has 1 unspecified atom stereocenters. The molecule has 0 saturated carbocycles. The van der Waals surface area contributed by atoms with Crippen LogP contribution in [0.25, 0.3) is 16.9 Å². The van der Waals surface area contributed by atoms with E-state index in [4.69, 9.17) is 0 Å². The average Bonchev–Trinajstić information content (AvgIpc) is 3.72. The molecule has 3 aromatic carbocycles. The molecular weight excluding hydrogens is 727 g/mol. The van der Waals surface area contributed by atoms with Gasteiger partial charge in [0.15, 0.2) is 15.5 Å². The van der Waals surface area contributed by atoms with E-state index in [1.807, 2.05) is 42.5 Å². The van der Waals surface area contributed by atoms with Gasteiger partial charge in [-0.25, -0.2) is 12.9 Å². The number of carbonyl (C=O) groups excluding carboxylic acids is 5. The molecule has 17 heteroatoms. The number of carbonyl (C=O) groups is 5. The van der Waals surface area contributed by atoms with E-state index in [2.05, 4.69) is 36.2 Å². The quantitative estimate of drug-likeness (QED) is 0.160. The molecule has 2 aromatic heterocycles. The van der Waals surface area contributed by atoms with Crippen molar-refractivity contribution >= 4 is 68.0 Å². The summed E-state index contributed by atoms with van der Waals surface area (Å²) in [5, 5.41) is 15.6. The van der Waals surface area contributed by atoms with Crippen LogP contribution in [0.2, 0.25) is 0 Å². The lowest BCUT2D eigenvalue weighted by atomic mass is 9.87. The summed E-state index contributed by atoms with van der Waals surface area (Å²) in [5.41, 5.74) is 4.86. The first-order valence-corrected chi connectivity index (χ1v) is 19.5. The van der Waals surface area contributed by atoms with E-state index in [0.29, 0.717) is 43.3 Å². The second-order valence-electron chi connectivity index (χ2n) is 13.5. The number of amides is 5. The Bertz CT molecular complexity index is 2510. The van der Waals surface area contributed by atoms with Gasteiger partial charge in [-0.3, -0.25) is 34.6 Å². The number of hydrogen-bond donors (Lipinski definition) is 4. The van der Waals surface area contributed by atoms with E-state index < -0.39 is 33.5 Å². The summed E-state index contributed by atoms with van der Waals surface area (Å²) in [4.78, 5) is 71.8. The van der Waals surface area contributed by atoms with Crippen LogP contribution in [0.15, 0.2) is 83.8 Å². The van der Waals surface area contributed by atoms with E-state index in [0.717, 1.165) is 22.6 Å². The van der Waals surface area contributed by atoms with Gasteiger partial charge in [0.1, 0.15) is 0 Å². The fraction of sp³-hybridized carbons (Fsp3) is 0.237. The third kappa shape index (κ3) is 6.96. The van der Waals surface area contributed by atoms with E-state index in [-0.39, 0.29) is 52.9 Å². The second kappa shape index (κ2) is 14.0. The van der Waals surface area contributed by atoms with Crippen molar-refractivity contribution in [2.24, 2.45) is 0 Å². The smallest absolute Gasteiger partial charge is 0.261 e. The molecule has 2 fully saturated rings. The van der Waals surface area contributed by atoms with E-state index in [1.165, 1.54) is 12.3 Å². The van der Waals surface area contributed by atoms with Crippen molar-refractivity contribution < 1.29 is 32.4 Å². The predicted octanol–water partition coefficient (Wildman–Crippen LogP) is 2.71. The Morgan fingerprint density at radius 3 is 2.33 bits per heavy atom. The minimum atomic E-state index is -3.31. The lowest BCUT2D eigenvalue weighted by Crippen LogP contribution is -2.50. The SMILES string of the molecule is CS(=O)(=O)c1ccc(-c2cccc3nc(Nc4ccc(N5CCN(C(=O)CNc6c(C7CCC(=O)NC7=O)ccc7c6C(=O)NC7=O)CC5)cc4)nn23)cc1. The molecule has 1 atom stereocenters. The molecule has 8 rings (SSSR count). The van der Waals surface area contributed by atoms with Crippen LogP contribution in [0.1, 0.15) is 45.0 Å². The van der Waals surface area contributed by atoms with Gasteiger partial charge in [-0.2, -0.15) is 4.98 Å².